The molecule has 1 saturated heterocycles. The molecule has 3 rings (SSSR count). The molecule has 118 valence electrons. The van der Waals surface area contributed by atoms with E-state index in [1.54, 1.807) is 0 Å². The fraction of sp³-hybridized carbons (Fsp3) is 0.471. The Labute approximate surface area is 128 Å². The van der Waals surface area contributed by atoms with Gasteiger partial charge in [0.05, 0.1) is 6.04 Å². The molecular formula is C17H20F2N2O. The number of rotatable bonds is 5. The van der Waals surface area contributed by atoms with Crippen LogP contribution in [0.1, 0.15) is 49.2 Å². The standard InChI is InChI=1S/C17H20F2N2O/c1-2-4-15-10-16(20-22-15)17-5-3-6-21(17)11-12-7-13(18)9-14(19)8-12/h7-10,17H,2-6,11H2,1H3. The second-order valence-electron chi connectivity index (χ2n) is 5.87. The maximum atomic E-state index is 13.3. The summed E-state index contributed by atoms with van der Waals surface area (Å²) in [6, 6.07) is 5.87. The minimum Gasteiger partial charge on any atom is -0.361 e. The van der Waals surface area contributed by atoms with Gasteiger partial charge >= 0.3 is 0 Å². The van der Waals surface area contributed by atoms with Gasteiger partial charge in [0.15, 0.2) is 0 Å². The average molecular weight is 306 g/mol. The van der Waals surface area contributed by atoms with E-state index in [4.69, 9.17) is 4.52 Å². The molecule has 0 saturated carbocycles. The summed E-state index contributed by atoms with van der Waals surface area (Å²) in [7, 11) is 0. The third kappa shape index (κ3) is 3.35. The van der Waals surface area contributed by atoms with E-state index in [0.717, 1.165) is 49.7 Å². The molecule has 1 atom stereocenters. The first-order valence-electron chi connectivity index (χ1n) is 7.80. The minimum atomic E-state index is -0.530. The molecule has 5 heteroatoms. The average Bonchev–Trinajstić information content (AvgIpc) is 3.07. The third-order valence-corrected chi connectivity index (χ3v) is 4.09. The molecule has 0 bridgehead atoms. The van der Waals surface area contributed by atoms with Crippen LogP contribution in [0.2, 0.25) is 0 Å². The van der Waals surface area contributed by atoms with Gasteiger partial charge in [-0.3, -0.25) is 4.90 Å². The highest BCUT2D eigenvalue weighted by Crippen LogP contribution is 2.33. The number of nitrogens with zero attached hydrogens (tertiary/aromatic N) is 2. The first-order valence-corrected chi connectivity index (χ1v) is 7.80. The third-order valence-electron chi connectivity index (χ3n) is 4.09. The second kappa shape index (κ2) is 6.57. The number of benzene rings is 1. The Morgan fingerprint density at radius 1 is 1.23 bits per heavy atom. The van der Waals surface area contributed by atoms with Crippen molar-refractivity contribution in [2.24, 2.45) is 0 Å². The van der Waals surface area contributed by atoms with Crippen LogP contribution in [0.5, 0.6) is 0 Å². The van der Waals surface area contributed by atoms with Crippen LogP contribution in [0.15, 0.2) is 28.8 Å². The first-order chi connectivity index (χ1) is 10.7. The van der Waals surface area contributed by atoms with Crippen molar-refractivity contribution in [3.8, 4) is 0 Å². The highest BCUT2D eigenvalue weighted by atomic mass is 19.1. The Balaban J connectivity index is 1.74. The highest BCUT2D eigenvalue weighted by molar-refractivity contribution is 5.19. The Morgan fingerprint density at radius 2 is 2.00 bits per heavy atom. The van der Waals surface area contributed by atoms with E-state index in [0.29, 0.717) is 12.1 Å². The summed E-state index contributed by atoms with van der Waals surface area (Å²) >= 11 is 0. The molecule has 1 aromatic heterocycles. The lowest BCUT2D eigenvalue weighted by Gasteiger charge is -2.22. The van der Waals surface area contributed by atoms with Crippen LogP contribution < -0.4 is 0 Å². The van der Waals surface area contributed by atoms with Gasteiger partial charge in [0.1, 0.15) is 23.1 Å². The van der Waals surface area contributed by atoms with Gasteiger partial charge < -0.3 is 4.52 Å². The zero-order valence-electron chi connectivity index (χ0n) is 12.7. The molecule has 0 N–H and O–H groups in total. The molecule has 3 nitrogen and oxygen atoms in total. The van der Waals surface area contributed by atoms with Crippen LogP contribution in [-0.2, 0) is 13.0 Å². The maximum Gasteiger partial charge on any atom is 0.137 e. The molecule has 2 heterocycles. The van der Waals surface area contributed by atoms with Crippen molar-refractivity contribution in [2.75, 3.05) is 6.54 Å². The van der Waals surface area contributed by atoms with Gasteiger partial charge in [0, 0.05) is 25.1 Å². The van der Waals surface area contributed by atoms with Crippen LogP contribution in [0, 0.1) is 11.6 Å². The van der Waals surface area contributed by atoms with Crippen LogP contribution in [0.4, 0.5) is 8.78 Å². The van der Waals surface area contributed by atoms with Crippen molar-refractivity contribution in [3.05, 3.63) is 52.9 Å². The molecule has 1 aromatic carbocycles. The smallest absolute Gasteiger partial charge is 0.137 e. The van der Waals surface area contributed by atoms with Crippen molar-refractivity contribution in [1.29, 1.82) is 0 Å². The number of aromatic nitrogens is 1. The number of likely N-dealkylation sites (tertiary alicyclic amines) is 1. The zero-order chi connectivity index (χ0) is 15.5. The Hall–Kier alpha value is -1.75. The van der Waals surface area contributed by atoms with E-state index in [1.165, 1.54) is 12.1 Å². The molecule has 0 aliphatic carbocycles. The van der Waals surface area contributed by atoms with Crippen LogP contribution in [0.3, 0.4) is 0 Å². The van der Waals surface area contributed by atoms with Crippen molar-refractivity contribution in [3.63, 3.8) is 0 Å². The molecule has 0 amide bonds. The normalized spacial score (nSPS) is 19.0. The molecule has 2 aromatic rings. The van der Waals surface area contributed by atoms with E-state index >= 15 is 0 Å². The fourth-order valence-electron chi connectivity index (χ4n) is 3.14. The Kier molecular flexibility index (Phi) is 4.52. The quantitative estimate of drug-likeness (QED) is 0.827. The summed E-state index contributed by atoms with van der Waals surface area (Å²) in [5, 5.41) is 4.18. The minimum absolute atomic E-state index is 0.167. The van der Waals surface area contributed by atoms with Crippen molar-refractivity contribution < 1.29 is 13.3 Å². The molecule has 22 heavy (non-hydrogen) atoms. The zero-order valence-corrected chi connectivity index (χ0v) is 12.7. The fourth-order valence-corrected chi connectivity index (χ4v) is 3.14. The molecule has 1 aliphatic rings. The van der Waals surface area contributed by atoms with Crippen molar-refractivity contribution >= 4 is 0 Å². The molecular weight excluding hydrogens is 286 g/mol. The van der Waals surface area contributed by atoms with Crippen LogP contribution in [0.25, 0.3) is 0 Å². The van der Waals surface area contributed by atoms with Crippen LogP contribution >= 0.6 is 0 Å². The van der Waals surface area contributed by atoms with E-state index in [2.05, 4.69) is 17.0 Å². The number of hydrogen-bond donors (Lipinski definition) is 0. The lowest BCUT2D eigenvalue weighted by molar-refractivity contribution is 0.236. The van der Waals surface area contributed by atoms with E-state index in [-0.39, 0.29) is 6.04 Å². The van der Waals surface area contributed by atoms with E-state index in [9.17, 15) is 8.78 Å². The number of hydrogen-bond acceptors (Lipinski definition) is 3. The lowest BCUT2D eigenvalue weighted by atomic mass is 10.1. The lowest BCUT2D eigenvalue weighted by Crippen LogP contribution is -2.23. The van der Waals surface area contributed by atoms with Crippen molar-refractivity contribution in [2.45, 2.75) is 45.2 Å². The Bertz CT molecular complexity index is 621. The SMILES string of the molecule is CCCc1cc(C2CCCN2Cc2cc(F)cc(F)c2)no1. The molecule has 1 unspecified atom stereocenters. The Morgan fingerprint density at radius 3 is 2.73 bits per heavy atom. The highest BCUT2D eigenvalue weighted by Gasteiger charge is 2.28. The summed E-state index contributed by atoms with van der Waals surface area (Å²) in [4.78, 5) is 2.21. The molecule has 1 aliphatic heterocycles. The topological polar surface area (TPSA) is 29.3 Å². The monoisotopic (exact) mass is 306 g/mol. The van der Waals surface area contributed by atoms with Gasteiger partial charge in [0.2, 0.25) is 0 Å². The van der Waals surface area contributed by atoms with Gasteiger partial charge in [0.25, 0.3) is 0 Å². The van der Waals surface area contributed by atoms with Gasteiger partial charge in [-0.2, -0.15) is 0 Å². The summed E-state index contributed by atoms with van der Waals surface area (Å²) in [6.07, 6.45) is 3.95. The second-order valence-corrected chi connectivity index (χ2v) is 5.87. The first kappa shape index (κ1) is 15.2. The predicted octanol–water partition coefficient (Wildman–Crippen LogP) is 4.24. The van der Waals surface area contributed by atoms with E-state index < -0.39 is 11.6 Å². The van der Waals surface area contributed by atoms with Gasteiger partial charge in [-0.1, -0.05) is 12.1 Å². The largest absolute Gasteiger partial charge is 0.361 e. The summed E-state index contributed by atoms with van der Waals surface area (Å²) in [6.45, 7) is 3.52. The van der Waals surface area contributed by atoms with Gasteiger partial charge in [-0.05, 0) is 43.5 Å². The summed E-state index contributed by atoms with van der Waals surface area (Å²) in [5.41, 5.74) is 1.58. The molecule has 1 fully saturated rings. The summed E-state index contributed by atoms with van der Waals surface area (Å²) < 4.78 is 32.0. The summed E-state index contributed by atoms with van der Waals surface area (Å²) in [5.74, 6) is -0.156. The van der Waals surface area contributed by atoms with Gasteiger partial charge in [-0.25, -0.2) is 8.78 Å². The van der Waals surface area contributed by atoms with Gasteiger partial charge in [-0.15, -0.1) is 0 Å². The van der Waals surface area contributed by atoms with Crippen LogP contribution in [-0.4, -0.2) is 16.6 Å². The number of aryl methyl sites for hydroxylation is 1. The van der Waals surface area contributed by atoms with E-state index in [1.807, 2.05) is 6.07 Å². The maximum absolute atomic E-state index is 13.3. The molecule has 0 spiro atoms. The predicted molar refractivity (Wildman–Crippen MR) is 79.2 cm³/mol. The number of halogens is 2. The molecule has 0 radical (unpaired) electrons. The van der Waals surface area contributed by atoms with Crippen molar-refractivity contribution in [1.82, 2.24) is 10.1 Å².